The summed E-state index contributed by atoms with van der Waals surface area (Å²) >= 11 is 0. The fraction of sp³-hybridized carbons (Fsp3) is 0.417. The highest BCUT2D eigenvalue weighted by Crippen LogP contribution is 2.23. The van der Waals surface area contributed by atoms with Gasteiger partial charge >= 0.3 is 6.09 Å². The van der Waals surface area contributed by atoms with Crippen LogP contribution < -0.4 is 10.2 Å². The van der Waals surface area contributed by atoms with E-state index in [0.29, 0.717) is 37.7 Å². The van der Waals surface area contributed by atoms with Gasteiger partial charge in [-0.15, -0.1) is 0 Å². The van der Waals surface area contributed by atoms with E-state index < -0.39 is 6.09 Å². The van der Waals surface area contributed by atoms with Crippen molar-refractivity contribution < 1.29 is 18.7 Å². The number of hydrogen-bond donors (Lipinski definition) is 1. The minimum absolute atomic E-state index is 0.195. The highest BCUT2D eigenvalue weighted by molar-refractivity contribution is 7.16. The van der Waals surface area contributed by atoms with Gasteiger partial charge in [-0.1, -0.05) is 9.24 Å². The minimum Gasteiger partial charge on any atom is -0.445 e. The average Bonchev–Trinajstić information content (AvgIpc) is 2.40. The van der Waals surface area contributed by atoms with Gasteiger partial charge in [0.15, 0.2) is 0 Å². The first-order valence-corrected chi connectivity index (χ1v) is 6.78. The van der Waals surface area contributed by atoms with Gasteiger partial charge in [-0.25, -0.2) is 9.18 Å². The quantitative estimate of drug-likeness (QED) is 0.864. The van der Waals surface area contributed by atoms with E-state index in [1.165, 1.54) is 6.07 Å². The minimum atomic E-state index is -0.603. The van der Waals surface area contributed by atoms with Gasteiger partial charge in [-0.3, -0.25) is 5.32 Å². The molecule has 19 heavy (non-hydrogen) atoms. The largest absolute Gasteiger partial charge is 0.445 e. The zero-order chi connectivity index (χ0) is 13.7. The Hall–Kier alpha value is -1.39. The molecule has 1 amide bonds. The first kappa shape index (κ1) is 14.0. The molecule has 0 spiro atoms. The monoisotopic (exact) mass is 286 g/mol. The number of rotatable bonds is 3. The van der Waals surface area contributed by atoms with Gasteiger partial charge in [0.05, 0.1) is 18.9 Å². The molecule has 1 saturated heterocycles. The van der Waals surface area contributed by atoms with E-state index in [9.17, 15) is 9.18 Å². The predicted octanol–water partition coefficient (Wildman–Crippen LogP) is 2.04. The maximum absolute atomic E-state index is 14.0. The van der Waals surface area contributed by atoms with E-state index in [4.69, 9.17) is 9.47 Å². The number of ether oxygens (including phenoxy) is 2. The maximum atomic E-state index is 14.0. The number of halogens is 1. The molecule has 7 heteroatoms. The van der Waals surface area contributed by atoms with Crippen molar-refractivity contribution in [3.63, 3.8) is 0 Å². The van der Waals surface area contributed by atoms with Crippen molar-refractivity contribution in [3.8, 4) is 0 Å². The number of hydrogen-bond acceptors (Lipinski definition) is 4. The molecule has 2 rings (SSSR count). The van der Waals surface area contributed by atoms with Crippen LogP contribution in [-0.4, -0.2) is 38.7 Å². The maximum Gasteiger partial charge on any atom is 0.411 e. The van der Waals surface area contributed by atoms with Crippen LogP contribution in [0.15, 0.2) is 18.2 Å². The van der Waals surface area contributed by atoms with Gasteiger partial charge in [0.25, 0.3) is 0 Å². The van der Waals surface area contributed by atoms with Crippen LogP contribution in [-0.2, 0) is 9.47 Å². The van der Waals surface area contributed by atoms with Gasteiger partial charge in [0.1, 0.15) is 12.2 Å². The number of carbonyl (C=O) groups is 1. The Morgan fingerprint density at radius 3 is 2.84 bits per heavy atom. The third kappa shape index (κ3) is 3.78. The summed E-state index contributed by atoms with van der Waals surface area (Å²) in [6, 6.07) is 4.59. The number of benzene rings is 1. The molecule has 1 fully saturated rings. The molecule has 1 aromatic carbocycles. The van der Waals surface area contributed by atoms with E-state index in [2.05, 4.69) is 14.6 Å². The van der Waals surface area contributed by atoms with Crippen LogP contribution in [0, 0.1) is 5.82 Å². The van der Waals surface area contributed by atoms with Gasteiger partial charge < -0.3 is 14.4 Å². The van der Waals surface area contributed by atoms with E-state index in [1.54, 1.807) is 12.1 Å². The van der Waals surface area contributed by atoms with Crippen LogP contribution in [0.4, 0.5) is 20.6 Å². The summed E-state index contributed by atoms with van der Waals surface area (Å²) in [5, 5.41) is 2.46. The predicted molar refractivity (Wildman–Crippen MR) is 74.1 cm³/mol. The van der Waals surface area contributed by atoms with E-state index in [-0.39, 0.29) is 12.2 Å². The summed E-state index contributed by atoms with van der Waals surface area (Å²) in [5.74, 6) is -0.370. The Kier molecular flexibility index (Phi) is 4.93. The van der Waals surface area contributed by atoms with E-state index in [0.717, 1.165) is 0 Å². The topological polar surface area (TPSA) is 50.8 Å². The molecule has 1 N–H and O–H groups in total. The Morgan fingerprint density at radius 2 is 2.21 bits per heavy atom. The zero-order valence-electron chi connectivity index (χ0n) is 10.4. The van der Waals surface area contributed by atoms with Crippen LogP contribution in [0.5, 0.6) is 0 Å². The normalized spacial score (nSPS) is 15.2. The molecule has 0 radical (unpaired) electrons. The zero-order valence-corrected chi connectivity index (χ0v) is 11.5. The SMILES string of the molecule is O=C(Nc1ccc(N2CCOCC2)c(F)c1)OCP. The summed E-state index contributed by atoms with van der Waals surface area (Å²) < 4.78 is 23.9. The summed E-state index contributed by atoms with van der Waals surface area (Å²) in [6.07, 6.45) is -0.409. The standard InChI is InChI=1S/C12H16FN2O3P/c13-10-7-9(14-12(16)18-8-19)1-2-11(10)15-3-5-17-6-4-15/h1-2,7H,3-6,8,19H2,(H,14,16). The van der Waals surface area contributed by atoms with Gasteiger partial charge in [0, 0.05) is 18.8 Å². The second-order valence-electron chi connectivity index (χ2n) is 3.99. The second kappa shape index (κ2) is 6.68. The summed E-state index contributed by atoms with van der Waals surface area (Å²) in [4.78, 5) is 13.1. The van der Waals surface area contributed by atoms with Crippen LogP contribution in [0.2, 0.25) is 0 Å². The Morgan fingerprint density at radius 1 is 1.47 bits per heavy atom. The molecule has 0 bridgehead atoms. The number of nitrogens with one attached hydrogen (secondary N) is 1. The van der Waals surface area contributed by atoms with Crippen molar-refractivity contribution in [2.45, 2.75) is 0 Å². The van der Waals surface area contributed by atoms with E-state index >= 15 is 0 Å². The first-order chi connectivity index (χ1) is 9.20. The molecule has 1 atom stereocenters. The fourth-order valence-electron chi connectivity index (χ4n) is 1.87. The molecule has 0 saturated carbocycles. The molecule has 104 valence electrons. The van der Waals surface area contributed by atoms with Crippen molar-refractivity contribution in [1.29, 1.82) is 0 Å². The molecule has 0 aliphatic carbocycles. The number of anilines is 2. The van der Waals surface area contributed by atoms with Crippen molar-refractivity contribution in [1.82, 2.24) is 0 Å². The lowest BCUT2D eigenvalue weighted by molar-refractivity contribution is 0.122. The average molecular weight is 286 g/mol. The number of nitrogens with zero attached hydrogens (tertiary/aromatic N) is 1. The second-order valence-corrected chi connectivity index (χ2v) is 4.32. The van der Waals surface area contributed by atoms with Crippen LogP contribution >= 0.6 is 9.24 Å². The molecule has 0 aromatic heterocycles. The Bertz CT molecular complexity index is 453. The van der Waals surface area contributed by atoms with E-state index in [1.807, 2.05) is 4.90 Å². The molecule has 1 aromatic rings. The van der Waals surface area contributed by atoms with Crippen molar-refractivity contribution in [2.75, 3.05) is 42.9 Å². The van der Waals surface area contributed by atoms with Gasteiger partial charge in [-0.2, -0.15) is 0 Å². The summed E-state index contributed by atoms with van der Waals surface area (Å²) in [7, 11) is 2.27. The number of carbonyl (C=O) groups excluding carboxylic acids is 1. The molecule has 1 aliphatic heterocycles. The van der Waals surface area contributed by atoms with Gasteiger partial charge in [0.2, 0.25) is 0 Å². The Labute approximate surface area is 113 Å². The molecule has 1 aliphatic rings. The highest BCUT2D eigenvalue weighted by atomic mass is 31.0. The molecular weight excluding hydrogens is 270 g/mol. The number of morpholine rings is 1. The molecule has 1 unspecified atom stereocenters. The third-order valence-electron chi connectivity index (χ3n) is 2.76. The molecule has 1 heterocycles. The third-order valence-corrected chi connectivity index (χ3v) is 2.93. The van der Waals surface area contributed by atoms with Gasteiger partial charge in [-0.05, 0) is 18.2 Å². The first-order valence-electron chi connectivity index (χ1n) is 5.97. The summed E-state index contributed by atoms with van der Waals surface area (Å²) in [5.41, 5.74) is 0.895. The van der Waals surface area contributed by atoms with Crippen LogP contribution in [0.3, 0.4) is 0 Å². The van der Waals surface area contributed by atoms with Crippen molar-refractivity contribution >= 4 is 26.7 Å². The van der Waals surface area contributed by atoms with Crippen LogP contribution in [0.25, 0.3) is 0 Å². The van der Waals surface area contributed by atoms with Crippen molar-refractivity contribution in [2.24, 2.45) is 0 Å². The summed E-state index contributed by atoms with van der Waals surface area (Å²) in [6.45, 7) is 2.53. The fourth-order valence-corrected chi connectivity index (χ4v) is 2.03. The Balaban J connectivity index is 2.06. The lowest BCUT2D eigenvalue weighted by Gasteiger charge is -2.29. The van der Waals surface area contributed by atoms with Crippen LogP contribution in [0.1, 0.15) is 0 Å². The highest BCUT2D eigenvalue weighted by Gasteiger charge is 2.15. The lowest BCUT2D eigenvalue weighted by Crippen LogP contribution is -2.36. The number of amides is 1. The molecular formula is C12H16FN2O3P. The smallest absolute Gasteiger partial charge is 0.411 e. The van der Waals surface area contributed by atoms with Crippen molar-refractivity contribution in [3.05, 3.63) is 24.0 Å². The molecule has 5 nitrogen and oxygen atoms in total. The lowest BCUT2D eigenvalue weighted by atomic mass is 10.2.